The van der Waals surface area contributed by atoms with Gasteiger partial charge in [0.2, 0.25) is 0 Å². The lowest BCUT2D eigenvalue weighted by atomic mass is 10.1. The first-order valence-corrected chi connectivity index (χ1v) is 10.8. The fourth-order valence-electron chi connectivity index (χ4n) is 3.46. The molecule has 1 aliphatic heterocycles. The van der Waals surface area contributed by atoms with E-state index in [0.29, 0.717) is 31.2 Å². The van der Waals surface area contributed by atoms with Gasteiger partial charge in [0, 0.05) is 37.4 Å². The predicted octanol–water partition coefficient (Wildman–Crippen LogP) is 3.48. The summed E-state index contributed by atoms with van der Waals surface area (Å²) < 4.78 is 11.0. The second-order valence-corrected chi connectivity index (χ2v) is 7.41. The highest BCUT2D eigenvalue weighted by Gasteiger charge is 2.16. The van der Waals surface area contributed by atoms with Crippen molar-refractivity contribution in [1.29, 1.82) is 0 Å². The molecule has 0 bridgehead atoms. The van der Waals surface area contributed by atoms with Gasteiger partial charge in [-0.3, -0.25) is 4.79 Å². The summed E-state index contributed by atoms with van der Waals surface area (Å²) in [6.45, 7) is 5.18. The maximum atomic E-state index is 12.5. The number of hydrogen-bond donors (Lipinski definition) is 3. The zero-order valence-corrected chi connectivity index (χ0v) is 21.1. The molecular formula is C24H33IN4O3. The van der Waals surface area contributed by atoms with Crippen molar-refractivity contribution in [2.75, 3.05) is 26.8 Å². The molecule has 1 aliphatic rings. The summed E-state index contributed by atoms with van der Waals surface area (Å²) in [5.41, 5.74) is 2.66. The molecule has 0 aliphatic carbocycles. The van der Waals surface area contributed by atoms with Crippen molar-refractivity contribution >= 4 is 35.8 Å². The molecule has 8 heteroatoms. The second-order valence-electron chi connectivity index (χ2n) is 7.41. The van der Waals surface area contributed by atoms with E-state index in [1.54, 1.807) is 7.11 Å². The minimum absolute atomic E-state index is 0. The van der Waals surface area contributed by atoms with Crippen LogP contribution >= 0.6 is 24.0 Å². The summed E-state index contributed by atoms with van der Waals surface area (Å²) in [5.74, 6) is 1.47. The molecule has 1 heterocycles. The highest BCUT2D eigenvalue weighted by molar-refractivity contribution is 14.0. The first kappa shape index (κ1) is 25.9. The molecule has 0 radical (unpaired) electrons. The number of methoxy groups -OCH3 is 1. The molecule has 2 aromatic rings. The first-order valence-electron chi connectivity index (χ1n) is 10.8. The fraction of sp³-hybridized carbons (Fsp3) is 0.417. The van der Waals surface area contributed by atoms with Gasteiger partial charge >= 0.3 is 0 Å². The number of aliphatic imine (C=N–C) groups is 1. The molecule has 1 atom stereocenters. The topological polar surface area (TPSA) is 84.0 Å². The Morgan fingerprint density at radius 1 is 1.16 bits per heavy atom. The van der Waals surface area contributed by atoms with Gasteiger partial charge in [0.05, 0.1) is 19.8 Å². The Morgan fingerprint density at radius 2 is 2.00 bits per heavy atom. The van der Waals surface area contributed by atoms with Crippen molar-refractivity contribution in [3.05, 3.63) is 65.2 Å². The zero-order chi connectivity index (χ0) is 21.9. The van der Waals surface area contributed by atoms with Gasteiger partial charge in [-0.05, 0) is 43.5 Å². The number of carbonyl (C=O) groups is 1. The van der Waals surface area contributed by atoms with Gasteiger partial charge < -0.3 is 25.4 Å². The van der Waals surface area contributed by atoms with Crippen LogP contribution in [-0.2, 0) is 17.8 Å². The van der Waals surface area contributed by atoms with E-state index in [4.69, 9.17) is 9.47 Å². The summed E-state index contributed by atoms with van der Waals surface area (Å²) in [6.07, 6.45) is 2.20. The van der Waals surface area contributed by atoms with Gasteiger partial charge in [0.25, 0.3) is 5.91 Å². The molecule has 1 unspecified atom stereocenters. The number of hydrogen-bond acceptors (Lipinski definition) is 4. The van der Waals surface area contributed by atoms with Gasteiger partial charge in [-0.1, -0.05) is 30.3 Å². The molecule has 3 N–H and O–H groups in total. The Balaban J connectivity index is 0.00000363. The fourth-order valence-corrected chi connectivity index (χ4v) is 3.46. The molecule has 0 spiro atoms. The second kappa shape index (κ2) is 13.9. The van der Waals surface area contributed by atoms with Crippen LogP contribution in [0.2, 0.25) is 0 Å². The van der Waals surface area contributed by atoms with Crippen molar-refractivity contribution < 1.29 is 14.3 Å². The van der Waals surface area contributed by atoms with E-state index in [1.807, 2.05) is 55.5 Å². The molecule has 1 amide bonds. The van der Waals surface area contributed by atoms with Gasteiger partial charge in [0.15, 0.2) is 5.96 Å². The normalized spacial score (nSPS) is 15.6. The minimum Gasteiger partial charge on any atom is -0.496 e. The Morgan fingerprint density at radius 3 is 2.75 bits per heavy atom. The van der Waals surface area contributed by atoms with Crippen LogP contribution in [0.25, 0.3) is 0 Å². The van der Waals surface area contributed by atoms with Gasteiger partial charge in [-0.2, -0.15) is 0 Å². The lowest BCUT2D eigenvalue weighted by Crippen LogP contribution is -2.36. The van der Waals surface area contributed by atoms with Crippen LogP contribution in [0, 0.1) is 0 Å². The summed E-state index contributed by atoms with van der Waals surface area (Å²) in [4.78, 5) is 17.1. The van der Waals surface area contributed by atoms with Gasteiger partial charge in [-0.15, -0.1) is 24.0 Å². The third kappa shape index (κ3) is 7.98. The van der Waals surface area contributed by atoms with Crippen molar-refractivity contribution in [1.82, 2.24) is 16.0 Å². The van der Waals surface area contributed by atoms with E-state index in [0.717, 1.165) is 42.9 Å². The van der Waals surface area contributed by atoms with Crippen molar-refractivity contribution in [3.63, 3.8) is 0 Å². The average molecular weight is 552 g/mol. The summed E-state index contributed by atoms with van der Waals surface area (Å²) in [6, 6.07) is 15.5. The molecular weight excluding hydrogens is 519 g/mol. The van der Waals surface area contributed by atoms with Crippen LogP contribution in [0.1, 0.15) is 41.3 Å². The van der Waals surface area contributed by atoms with Gasteiger partial charge in [-0.25, -0.2) is 4.99 Å². The Bertz CT molecular complexity index is 885. The van der Waals surface area contributed by atoms with Crippen LogP contribution < -0.4 is 20.7 Å². The molecule has 32 heavy (non-hydrogen) atoms. The maximum Gasteiger partial charge on any atom is 0.251 e. The maximum absolute atomic E-state index is 12.5. The van der Waals surface area contributed by atoms with Crippen molar-refractivity contribution in [2.24, 2.45) is 4.99 Å². The number of rotatable bonds is 9. The minimum atomic E-state index is -0.0810. The van der Waals surface area contributed by atoms with E-state index in [2.05, 4.69) is 20.9 Å². The number of benzene rings is 2. The smallest absolute Gasteiger partial charge is 0.251 e. The number of para-hydroxylation sites is 1. The molecule has 2 aromatic carbocycles. The highest BCUT2D eigenvalue weighted by atomic mass is 127. The molecule has 3 rings (SSSR count). The van der Waals surface area contributed by atoms with Crippen LogP contribution in [0.4, 0.5) is 0 Å². The summed E-state index contributed by atoms with van der Waals surface area (Å²) in [5, 5.41) is 9.56. The predicted molar refractivity (Wildman–Crippen MR) is 138 cm³/mol. The molecule has 1 saturated heterocycles. The largest absolute Gasteiger partial charge is 0.496 e. The van der Waals surface area contributed by atoms with Crippen LogP contribution in [0.5, 0.6) is 5.75 Å². The number of amides is 1. The van der Waals surface area contributed by atoms with E-state index in [1.165, 1.54) is 0 Å². The number of nitrogens with zero attached hydrogens (tertiary/aromatic N) is 1. The number of ether oxygens (including phenoxy) is 2. The molecule has 1 fully saturated rings. The van der Waals surface area contributed by atoms with Crippen LogP contribution in [-0.4, -0.2) is 44.8 Å². The standard InChI is InChI=1S/C24H32N4O3.HI/c1-3-25-24(28-16-20-9-4-5-12-22(20)30-2)27-15-18-8-6-10-19(14-18)23(29)26-17-21-11-7-13-31-21;/h4-6,8-10,12,14,21H,3,7,11,13,15-17H2,1-2H3,(H,26,29)(H2,25,27,28);1H. The lowest BCUT2D eigenvalue weighted by Gasteiger charge is -2.13. The molecule has 174 valence electrons. The third-order valence-corrected chi connectivity index (χ3v) is 5.11. The number of halogens is 1. The third-order valence-electron chi connectivity index (χ3n) is 5.11. The van der Waals surface area contributed by atoms with Crippen molar-refractivity contribution in [2.45, 2.75) is 39.0 Å². The van der Waals surface area contributed by atoms with Crippen LogP contribution in [0.3, 0.4) is 0 Å². The molecule has 0 aromatic heterocycles. The quantitative estimate of drug-likeness (QED) is 0.252. The van der Waals surface area contributed by atoms with Crippen molar-refractivity contribution in [3.8, 4) is 5.75 Å². The Kier molecular flexibility index (Phi) is 11.3. The lowest BCUT2D eigenvalue weighted by molar-refractivity contribution is 0.0857. The highest BCUT2D eigenvalue weighted by Crippen LogP contribution is 2.16. The van der Waals surface area contributed by atoms with E-state index < -0.39 is 0 Å². The monoisotopic (exact) mass is 552 g/mol. The van der Waals surface area contributed by atoms with E-state index >= 15 is 0 Å². The SMILES string of the molecule is CCNC(=NCc1cccc(C(=O)NCC2CCCO2)c1)NCc1ccccc1OC.I. The van der Waals surface area contributed by atoms with E-state index in [9.17, 15) is 4.79 Å². The van der Waals surface area contributed by atoms with Gasteiger partial charge in [0.1, 0.15) is 5.75 Å². The van der Waals surface area contributed by atoms with E-state index in [-0.39, 0.29) is 36.0 Å². The number of carbonyl (C=O) groups excluding carboxylic acids is 1. The zero-order valence-electron chi connectivity index (χ0n) is 18.7. The molecule has 7 nitrogen and oxygen atoms in total. The molecule has 0 saturated carbocycles. The summed E-state index contributed by atoms with van der Waals surface area (Å²) >= 11 is 0. The average Bonchev–Trinajstić information content (AvgIpc) is 3.33. The Hall–Kier alpha value is -2.33. The Labute approximate surface area is 207 Å². The summed E-state index contributed by atoms with van der Waals surface area (Å²) in [7, 11) is 1.67. The van der Waals surface area contributed by atoms with Crippen LogP contribution in [0.15, 0.2) is 53.5 Å². The number of guanidine groups is 1. The number of nitrogens with one attached hydrogen (secondary N) is 3. The first-order chi connectivity index (χ1) is 15.2.